The maximum atomic E-state index is 11.7. The van der Waals surface area contributed by atoms with Gasteiger partial charge in [-0.2, -0.15) is 0 Å². The van der Waals surface area contributed by atoms with Gasteiger partial charge in [0.05, 0.1) is 7.11 Å². The predicted octanol–water partition coefficient (Wildman–Crippen LogP) is 3.23. The third kappa shape index (κ3) is 3.24. The Labute approximate surface area is 90.6 Å². The second-order valence-corrected chi connectivity index (χ2v) is 3.43. The van der Waals surface area contributed by atoms with Crippen molar-refractivity contribution < 1.29 is 9.53 Å². The molecule has 0 N–H and O–H groups in total. The van der Waals surface area contributed by atoms with Gasteiger partial charge in [-0.25, -0.2) is 0 Å². The largest absolute Gasteiger partial charge is 0.497 e. The lowest BCUT2D eigenvalue weighted by Gasteiger charge is -2.03. The summed E-state index contributed by atoms with van der Waals surface area (Å²) >= 11 is 0. The summed E-state index contributed by atoms with van der Waals surface area (Å²) in [4.78, 5) is 11.7. The van der Waals surface area contributed by atoms with Crippen LogP contribution in [-0.2, 0) is 0 Å². The van der Waals surface area contributed by atoms with Crippen molar-refractivity contribution in [3.63, 3.8) is 0 Å². The number of Topliss-reactive ketones (excluding diaryl/α,β-unsaturated/α-hetero) is 1. The van der Waals surface area contributed by atoms with Crippen LogP contribution in [0.1, 0.15) is 30.1 Å². The van der Waals surface area contributed by atoms with Gasteiger partial charge in [0.25, 0.3) is 0 Å². The van der Waals surface area contributed by atoms with E-state index in [4.69, 9.17) is 4.74 Å². The first-order chi connectivity index (χ1) is 7.17. The van der Waals surface area contributed by atoms with E-state index < -0.39 is 0 Å². The van der Waals surface area contributed by atoms with Gasteiger partial charge >= 0.3 is 0 Å². The summed E-state index contributed by atoms with van der Waals surface area (Å²) < 4.78 is 5.02. The summed E-state index contributed by atoms with van der Waals surface area (Å²) in [6, 6.07) is 7.15. The number of methoxy groups -OCH3 is 1. The van der Waals surface area contributed by atoms with E-state index in [1.54, 1.807) is 31.4 Å². The normalized spacial score (nSPS) is 9.73. The second-order valence-electron chi connectivity index (χ2n) is 3.43. The Bertz CT molecular complexity index is 349. The van der Waals surface area contributed by atoms with Crippen LogP contribution in [0.25, 0.3) is 0 Å². The van der Waals surface area contributed by atoms with E-state index in [0.29, 0.717) is 12.0 Å². The van der Waals surface area contributed by atoms with E-state index in [2.05, 4.69) is 6.58 Å². The van der Waals surface area contributed by atoms with E-state index in [-0.39, 0.29) is 5.78 Å². The van der Waals surface area contributed by atoms with Crippen molar-refractivity contribution in [2.24, 2.45) is 0 Å². The third-order valence-electron chi connectivity index (χ3n) is 2.32. The first kappa shape index (κ1) is 11.5. The highest BCUT2D eigenvalue weighted by Gasteiger charge is 2.06. The van der Waals surface area contributed by atoms with Crippen molar-refractivity contribution in [2.45, 2.75) is 19.8 Å². The Morgan fingerprint density at radius 3 is 2.40 bits per heavy atom. The summed E-state index contributed by atoms with van der Waals surface area (Å²) in [5.41, 5.74) is 1.68. The maximum Gasteiger partial charge on any atom is 0.166 e. The third-order valence-corrected chi connectivity index (χ3v) is 2.32. The molecule has 1 rings (SSSR count). The molecule has 0 aliphatic carbocycles. The lowest BCUT2D eigenvalue weighted by molar-refractivity contribution is 0.0992. The smallest absolute Gasteiger partial charge is 0.166 e. The van der Waals surface area contributed by atoms with E-state index >= 15 is 0 Å². The average Bonchev–Trinajstić information content (AvgIpc) is 2.29. The summed E-state index contributed by atoms with van der Waals surface area (Å²) in [5, 5.41) is 0. The van der Waals surface area contributed by atoms with Crippen molar-refractivity contribution in [2.75, 3.05) is 7.11 Å². The van der Waals surface area contributed by atoms with Gasteiger partial charge in [0, 0.05) is 12.0 Å². The Balaban J connectivity index is 2.70. The van der Waals surface area contributed by atoms with Crippen LogP contribution in [-0.4, -0.2) is 12.9 Å². The summed E-state index contributed by atoms with van der Waals surface area (Å²) in [5.74, 6) is 0.880. The van der Waals surface area contributed by atoms with Crippen molar-refractivity contribution in [1.82, 2.24) is 0 Å². The quantitative estimate of drug-likeness (QED) is 0.543. The predicted molar refractivity (Wildman–Crippen MR) is 61.4 cm³/mol. The molecule has 1 aromatic rings. The van der Waals surface area contributed by atoms with Crippen molar-refractivity contribution in [3.8, 4) is 5.75 Å². The standard InChI is InChI=1S/C13H16O2/c1-4-10(2)9-13(14)11-5-7-12(15-3)8-6-11/h5-8H,2,4,9H2,1,3H3. The van der Waals surface area contributed by atoms with Crippen LogP contribution in [0.2, 0.25) is 0 Å². The molecule has 80 valence electrons. The molecule has 0 atom stereocenters. The molecular weight excluding hydrogens is 188 g/mol. The molecule has 0 amide bonds. The maximum absolute atomic E-state index is 11.7. The highest BCUT2D eigenvalue weighted by atomic mass is 16.5. The van der Waals surface area contributed by atoms with Crippen LogP contribution in [0.3, 0.4) is 0 Å². The molecule has 0 saturated carbocycles. The Kier molecular flexibility index (Phi) is 4.10. The topological polar surface area (TPSA) is 26.3 Å². The first-order valence-electron chi connectivity index (χ1n) is 5.01. The fourth-order valence-corrected chi connectivity index (χ4v) is 1.23. The van der Waals surface area contributed by atoms with Gasteiger partial charge in [0.2, 0.25) is 0 Å². The number of carbonyl (C=O) groups excluding carboxylic acids is 1. The number of hydrogen-bond donors (Lipinski definition) is 0. The van der Waals surface area contributed by atoms with Gasteiger partial charge in [-0.3, -0.25) is 4.79 Å². The van der Waals surface area contributed by atoms with Gasteiger partial charge in [0.15, 0.2) is 5.78 Å². The minimum absolute atomic E-state index is 0.115. The van der Waals surface area contributed by atoms with Gasteiger partial charge in [-0.1, -0.05) is 19.1 Å². The molecule has 0 unspecified atom stereocenters. The lowest BCUT2D eigenvalue weighted by atomic mass is 10.0. The first-order valence-corrected chi connectivity index (χ1v) is 5.01. The second kappa shape index (κ2) is 5.35. The SMILES string of the molecule is C=C(CC)CC(=O)c1ccc(OC)cc1. The molecule has 0 spiro atoms. The molecule has 15 heavy (non-hydrogen) atoms. The molecule has 0 aliphatic rings. The van der Waals surface area contributed by atoms with Crippen LogP contribution in [0, 0.1) is 0 Å². The van der Waals surface area contributed by atoms with Crippen molar-refractivity contribution in [1.29, 1.82) is 0 Å². The monoisotopic (exact) mass is 204 g/mol. The van der Waals surface area contributed by atoms with Crippen LogP contribution in [0.5, 0.6) is 5.75 Å². The number of hydrogen-bond acceptors (Lipinski definition) is 2. The molecule has 0 saturated heterocycles. The zero-order valence-electron chi connectivity index (χ0n) is 9.25. The molecule has 2 heteroatoms. The Morgan fingerprint density at radius 2 is 1.93 bits per heavy atom. The number of benzene rings is 1. The number of allylic oxidation sites excluding steroid dienone is 1. The van der Waals surface area contributed by atoms with Crippen LogP contribution < -0.4 is 4.74 Å². The molecule has 0 fully saturated rings. The van der Waals surface area contributed by atoms with E-state index in [0.717, 1.165) is 17.7 Å². The average molecular weight is 204 g/mol. The van der Waals surface area contributed by atoms with Crippen LogP contribution in [0.15, 0.2) is 36.4 Å². The highest BCUT2D eigenvalue weighted by Crippen LogP contribution is 2.15. The fourth-order valence-electron chi connectivity index (χ4n) is 1.23. The van der Waals surface area contributed by atoms with Gasteiger partial charge in [0.1, 0.15) is 5.75 Å². The van der Waals surface area contributed by atoms with E-state index in [1.165, 1.54) is 0 Å². The molecule has 0 radical (unpaired) electrons. The molecule has 0 aromatic heterocycles. The molecule has 1 aromatic carbocycles. The molecular formula is C13H16O2. The zero-order chi connectivity index (χ0) is 11.3. The van der Waals surface area contributed by atoms with Crippen molar-refractivity contribution >= 4 is 5.78 Å². The number of ether oxygens (including phenoxy) is 1. The summed E-state index contributed by atoms with van der Waals surface area (Å²) in [7, 11) is 1.61. The highest BCUT2D eigenvalue weighted by molar-refractivity contribution is 5.97. The molecule has 0 bridgehead atoms. The zero-order valence-corrected chi connectivity index (χ0v) is 9.25. The fraction of sp³-hybridized carbons (Fsp3) is 0.308. The lowest BCUT2D eigenvalue weighted by Crippen LogP contribution is -1.99. The van der Waals surface area contributed by atoms with Gasteiger partial charge < -0.3 is 4.74 Å². The summed E-state index contributed by atoms with van der Waals surface area (Å²) in [6.45, 7) is 5.83. The van der Waals surface area contributed by atoms with Gasteiger partial charge in [-0.15, -0.1) is 0 Å². The minimum Gasteiger partial charge on any atom is -0.497 e. The Morgan fingerprint density at radius 1 is 1.33 bits per heavy atom. The minimum atomic E-state index is 0.115. The molecule has 2 nitrogen and oxygen atoms in total. The van der Waals surface area contributed by atoms with E-state index in [1.807, 2.05) is 6.92 Å². The molecule has 0 heterocycles. The van der Waals surface area contributed by atoms with Crippen LogP contribution >= 0.6 is 0 Å². The number of ketones is 1. The van der Waals surface area contributed by atoms with Crippen LogP contribution in [0.4, 0.5) is 0 Å². The van der Waals surface area contributed by atoms with Crippen molar-refractivity contribution in [3.05, 3.63) is 42.0 Å². The van der Waals surface area contributed by atoms with Gasteiger partial charge in [-0.05, 0) is 30.7 Å². The number of carbonyl (C=O) groups is 1. The van der Waals surface area contributed by atoms with E-state index in [9.17, 15) is 4.79 Å². The Hall–Kier alpha value is -1.57. The molecule has 0 aliphatic heterocycles. The summed E-state index contributed by atoms with van der Waals surface area (Å²) in [6.07, 6.45) is 1.28. The number of rotatable bonds is 5.